The molecule has 0 amide bonds. The third kappa shape index (κ3) is 2.20. The zero-order valence-corrected chi connectivity index (χ0v) is 12.1. The number of hydrogen-bond acceptors (Lipinski definition) is 4. The zero-order valence-electron chi connectivity index (χ0n) is 12.1. The van der Waals surface area contributed by atoms with Crippen LogP contribution in [0.5, 0.6) is 0 Å². The number of ether oxygens (including phenoxy) is 1. The molecule has 1 saturated heterocycles. The minimum absolute atomic E-state index is 0.366. The maximum atomic E-state index is 11.1. The van der Waals surface area contributed by atoms with Gasteiger partial charge >= 0.3 is 5.97 Å². The van der Waals surface area contributed by atoms with E-state index in [0.29, 0.717) is 25.0 Å². The normalized spacial score (nSPS) is 45.0. The topological polar surface area (TPSA) is 87.0 Å². The van der Waals surface area contributed by atoms with Gasteiger partial charge in [-0.15, -0.1) is 0 Å². The maximum Gasteiger partial charge on any atom is 0.328 e. The van der Waals surface area contributed by atoms with Crippen molar-refractivity contribution in [3.63, 3.8) is 0 Å². The summed E-state index contributed by atoms with van der Waals surface area (Å²) < 4.78 is 5.77. The van der Waals surface area contributed by atoms with Crippen LogP contribution in [0.2, 0.25) is 0 Å². The van der Waals surface area contributed by atoms with Gasteiger partial charge in [0.05, 0.1) is 12.7 Å². The summed E-state index contributed by atoms with van der Waals surface area (Å²) in [5, 5.41) is 29.7. The van der Waals surface area contributed by atoms with Gasteiger partial charge in [-0.3, -0.25) is 0 Å². The Balaban J connectivity index is 2.34. The van der Waals surface area contributed by atoms with E-state index in [-0.39, 0.29) is 0 Å². The molecule has 112 valence electrons. The third-order valence-corrected chi connectivity index (χ3v) is 4.69. The summed E-state index contributed by atoms with van der Waals surface area (Å²) >= 11 is 0. The van der Waals surface area contributed by atoms with E-state index in [2.05, 4.69) is 0 Å². The highest BCUT2D eigenvalue weighted by Gasteiger charge is 2.67. The fourth-order valence-electron chi connectivity index (χ4n) is 3.52. The first kappa shape index (κ1) is 15.2. The van der Waals surface area contributed by atoms with Crippen LogP contribution in [0.3, 0.4) is 0 Å². The predicted molar refractivity (Wildman–Crippen MR) is 73.2 cm³/mol. The minimum atomic E-state index is -1.22. The highest BCUT2D eigenvalue weighted by atomic mass is 16.5. The van der Waals surface area contributed by atoms with Crippen molar-refractivity contribution >= 4 is 5.97 Å². The molecule has 2 aliphatic rings. The molecule has 2 unspecified atom stereocenters. The Bertz CT molecular complexity index is 461. The second-order valence-corrected chi connectivity index (χ2v) is 6.47. The number of aliphatic hydroxyl groups excluding tert-OH is 1. The van der Waals surface area contributed by atoms with Crippen LogP contribution < -0.4 is 0 Å². The Morgan fingerprint density at radius 2 is 2.00 bits per heavy atom. The van der Waals surface area contributed by atoms with Gasteiger partial charge in [0.1, 0.15) is 11.2 Å². The molecule has 1 heterocycles. The summed E-state index contributed by atoms with van der Waals surface area (Å²) in [5.74, 6) is -1.02. The number of hydrogen-bond donors (Lipinski definition) is 3. The van der Waals surface area contributed by atoms with Gasteiger partial charge in [-0.25, -0.2) is 4.79 Å². The Hall–Kier alpha value is -1.17. The molecule has 4 atom stereocenters. The molecule has 0 radical (unpaired) electrons. The van der Waals surface area contributed by atoms with Crippen molar-refractivity contribution in [2.24, 2.45) is 5.41 Å². The van der Waals surface area contributed by atoms with E-state index in [4.69, 9.17) is 9.84 Å². The molecule has 1 aliphatic carbocycles. The van der Waals surface area contributed by atoms with Crippen LogP contribution in [0.15, 0.2) is 23.8 Å². The number of allylic oxidation sites excluding steroid dienone is 2. The smallest absolute Gasteiger partial charge is 0.328 e. The van der Waals surface area contributed by atoms with E-state index in [9.17, 15) is 15.0 Å². The van der Waals surface area contributed by atoms with Gasteiger partial charge in [0.2, 0.25) is 0 Å². The minimum Gasteiger partial charge on any atom is -0.478 e. The quantitative estimate of drug-likeness (QED) is 0.536. The van der Waals surface area contributed by atoms with Crippen LogP contribution in [-0.2, 0) is 9.53 Å². The third-order valence-electron chi connectivity index (χ3n) is 4.69. The summed E-state index contributed by atoms with van der Waals surface area (Å²) in [6, 6.07) is 0. The highest BCUT2D eigenvalue weighted by molar-refractivity contribution is 5.81. The number of carbonyl (C=O) groups is 1. The Labute approximate surface area is 118 Å². The van der Waals surface area contributed by atoms with Gasteiger partial charge in [0.15, 0.2) is 0 Å². The lowest BCUT2D eigenvalue weighted by molar-refractivity contribution is -0.150. The second-order valence-electron chi connectivity index (χ2n) is 6.47. The van der Waals surface area contributed by atoms with E-state index < -0.39 is 28.7 Å². The number of carboxylic acid groups (broad SMARTS) is 1. The van der Waals surface area contributed by atoms with Gasteiger partial charge in [0.25, 0.3) is 0 Å². The van der Waals surface area contributed by atoms with Crippen molar-refractivity contribution < 1.29 is 24.9 Å². The monoisotopic (exact) mass is 282 g/mol. The molecule has 0 aromatic heterocycles. The van der Waals surface area contributed by atoms with Crippen molar-refractivity contribution in [3.8, 4) is 0 Å². The number of rotatable bonds is 3. The summed E-state index contributed by atoms with van der Waals surface area (Å²) in [7, 11) is 0. The molecule has 0 aromatic rings. The van der Waals surface area contributed by atoms with Gasteiger partial charge in [-0.05, 0) is 31.9 Å². The second kappa shape index (κ2) is 4.69. The van der Waals surface area contributed by atoms with Gasteiger partial charge in [-0.1, -0.05) is 13.0 Å². The van der Waals surface area contributed by atoms with Crippen molar-refractivity contribution in [1.29, 1.82) is 0 Å². The van der Waals surface area contributed by atoms with E-state index in [1.165, 1.54) is 0 Å². The first-order chi connectivity index (χ1) is 9.12. The van der Waals surface area contributed by atoms with Crippen LogP contribution in [0.25, 0.3) is 0 Å². The Morgan fingerprint density at radius 3 is 2.55 bits per heavy atom. The average Bonchev–Trinajstić information content (AvgIpc) is 2.43. The van der Waals surface area contributed by atoms with Crippen molar-refractivity contribution in [2.45, 2.75) is 50.9 Å². The van der Waals surface area contributed by atoms with Crippen LogP contribution >= 0.6 is 0 Å². The van der Waals surface area contributed by atoms with Gasteiger partial charge < -0.3 is 20.1 Å². The molecule has 3 N–H and O–H groups in total. The van der Waals surface area contributed by atoms with Crippen LogP contribution in [0.4, 0.5) is 0 Å². The summed E-state index contributed by atoms with van der Waals surface area (Å²) in [6.45, 7) is 5.73. The number of aliphatic hydroxyl groups is 2. The van der Waals surface area contributed by atoms with Gasteiger partial charge in [-0.2, -0.15) is 0 Å². The molecule has 2 rings (SSSR count). The van der Waals surface area contributed by atoms with E-state index in [0.717, 1.165) is 6.08 Å². The molecule has 5 heteroatoms. The molecule has 2 bridgehead atoms. The fourth-order valence-corrected chi connectivity index (χ4v) is 3.52. The predicted octanol–water partition coefficient (Wildman–Crippen LogP) is 1.25. The molecular formula is C15H22O5. The average molecular weight is 282 g/mol. The summed E-state index contributed by atoms with van der Waals surface area (Å²) in [5.41, 5.74) is -2.09. The SMILES string of the molecule is CC(=C/C(=O)O)/C=C/[C@]1(O)C2(C)COC1(C)C[C@@H](O)C2. The van der Waals surface area contributed by atoms with Crippen molar-refractivity contribution in [2.75, 3.05) is 6.61 Å². The lowest BCUT2D eigenvalue weighted by atomic mass is 9.59. The molecule has 0 spiro atoms. The van der Waals surface area contributed by atoms with Gasteiger partial charge in [0, 0.05) is 17.9 Å². The molecule has 5 nitrogen and oxygen atoms in total. The lowest BCUT2D eigenvalue weighted by Gasteiger charge is -2.49. The number of carboxylic acids is 1. The molecule has 0 aromatic carbocycles. The zero-order chi connectivity index (χ0) is 15.2. The summed E-state index contributed by atoms with van der Waals surface area (Å²) in [4.78, 5) is 10.6. The molecular weight excluding hydrogens is 260 g/mol. The number of aliphatic carboxylic acids is 1. The fraction of sp³-hybridized carbons (Fsp3) is 0.667. The first-order valence-corrected chi connectivity index (χ1v) is 6.77. The van der Waals surface area contributed by atoms with E-state index in [1.807, 2.05) is 6.92 Å². The van der Waals surface area contributed by atoms with Crippen LogP contribution in [0.1, 0.15) is 33.6 Å². The van der Waals surface area contributed by atoms with Crippen LogP contribution in [-0.4, -0.2) is 45.2 Å². The Kier molecular flexibility index (Phi) is 3.57. The maximum absolute atomic E-state index is 11.1. The van der Waals surface area contributed by atoms with Crippen LogP contribution in [0, 0.1) is 5.41 Å². The lowest BCUT2D eigenvalue weighted by Crippen LogP contribution is -2.60. The van der Waals surface area contributed by atoms with E-state index >= 15 is 0 Å². The molecule has 20 heavy (non-hydrogen) atoms. The first-order valence-electron chi connectivity index (χ1n) is 6.77. The van der Waals surface area contributed by atoms with Crippen molar-refractivity contribution in [3.05, 3.63) is 23.8 Å². The molecule has 2 fully saturated rings. The number of fused-ring (bicyclic) bond motifs is 2. The van der Waals surface area contributed by atoms with E-state index in [1.54, 1.807) is 26.0 Å². The standard InChI is InChI=1S/C15H22O5/c1-10(6-12(17)18)4-5-15(19)13(2)7-11(16)8-14(15,3)20-9-13/h4-6,11,16,19H,7-9H2,1-3H3,(H,17,18)/b5-4+,10-6-/t11-,13?,14?,15-/m0/s1. The molecule has 1 saturated carbocycles. The van der Waals surface area contributed by atoms with Crippen molar-refractivity contribution in [1.82, 2.24) is 0 Å². The summed E-state index contributed by atoms with van der Waals surface area (Å²) in [6.07, 6.45) is 4.66. The molecule has 1 aliphatic heterocycles. The largest absolute Gasteiger partial charge is 0.478 e. The highest BCUT2D eigenvalue weighted by Crippen LogP contribution is 2.57. The Morgan fingerprint density at radius 1 is 1.35 bits per heavy atom.